The molecule has 1 N–H and O–H groups in total. The number of hydrogen-bond acceptors (Lipinski definition) is 3. The zero-order valence-electron chi connectivity index (χ0n) is 12.0. The number of hydrogen-bond donors (Lipinski definition) is 1. The van der Waals surface area contributed by atoms with Crippen molar-refractivity contribution in [3.8, 4) is 0 Å². The van der Waals surface area contributed by atoms with Gasteiger partial charge in [0.05, 0.1) is 12.1 Å². The summed E-state index contributed by atoms with van der Waals surface area (Å²) in [6.07, 6.45) is 3.29. The Kier molecular flexibility index (Phi) is 4.45. The molecule has 2 aromatic rings. The van der Waals surface area contributed by atoms with Crippen LogP contribution in [0.25, 0.3) is 0 Å². The Morgan fingerprint density at radius 2 is 1.90 bits per heavy atom. The molecule has 1 aromatic carbocycles. The molecular weight excluding hydrogens is 277 g/mol. The van der Waals surface area contributed by atoms with E-state index in [0.717, 1.165) is 5.56 Å². The second kappa shape index (κ2) is 5.94. The summed E-state index contributed by atoms with van der Waals surface area (Å²) in [6.45, 7) is 6.05. The standard InChI is InChI=1S/C15H20ClN3O/c1-15(2,3)14(20)13(19-10-17-9-18-19)8-11-4-6-12(16)7-5-11/h4-7,9-10,13-14,20H,8H2,1-3H3/i17+1,18+1,19+1. The third-order valence-corrected chi connectivity index (χ3v) is 3.64. The van der Waals surface area contributed by atoms with Crippen LogP contribution in [0.2, 0.25) is 5.02 Å². The van der Waals surface area contributed by atoms with Crippen LogP contribution in [0, 0.1) is 5.41 Å². The van der Waals surface area contributed by atoms with Crippen LogP contribution >= 0.6 is 11.6 Å². The van der Waals surface area contributed by atoms with Crippen LogP contribution in [0.15, 0.2) is 36.9 Å². The van der Waals surface area contributed by atoms with Crippen molar-refractivity contribution in [3.05, 3.63) is 47.5 Å². The number of rotatable bonds is 4. The molecule has 0 amide bonds. The molecule has 20 heavy (non-hydrogen) atoms. The van der Waals surface area contributed by atoms with Crippen LogP contribution < -0.4 is 0 Å². The first kappa shape index (κ1) is 15.0. The normalized spacial score (nSPS) is 15.1. The van der Waals surface area contributed by atoms with E-state index in [0.29, 0.717) is 11.4 Å². The van der Waals surface area contributed by atoms with Crippen molar-refractivity contribution in [2.45, 2.75) is 39.3 Å². The van der Waals surface area contributed by atoms with Gasteiger partial charge in [0.2, 0.25) is 0 Å². The van der Waals surface area contributed by atoms with Crippen molar-refractivity contribution in [2.75, 3.05) is 0 Å². The third kappa shape index (κ3) is 3.58. The lowest BCUT2D eigenvalue weighted by Gasteiger charge is -2.33. The van der Waals surface area contributed by atoms with Crippen molar-refractivity contribution < 1.29 is 5.11 Å². The molecule has 0 aliphatic rings. The highest BCUT2D eigenvalue weighted by atomic mass is 35.5. The van der Waals surface area contributed by atoms with E-state index in [1.165, 1.54) is 6.33 Å². The summed E-state index contributed by atoms with van der Waals surface area (Å²) in [4.78, 5) is 3.98. The Bertz CT molecular complexity index is 531. The zero-order valence-corrected chi connectivity index (χ0v) is 12.7. The fourth-order valence-electron chi connectivity index (χ4n) is 2.18. The number of aliphatic hydroxyl groups excluding tert-OH is 1. The van der Waals surface area contributed by atoms with Crippen molar-refractivity contribution in [1.29, 1.82) is 0 Å². The lowest BCUT2D eigenvalue weighted by molar-refractivity contribution is 0.0124. The molecule has 0 bridgehead atoms. The Labute approximate surface area is 124 Å². The minimum absolute atomic E-state index is 0.154. The van der Waals surface area contributed by atoms with Gasteiger partial charge in [-0.2, -0.15) is 5.10 Å². The van der Waals surface area contributed by atoms with Crippen LogP contribution in [0.3, 0.4) is 0 Å². The maximum Gasteiger partial charge on any atom is 0.137 e. The summed E-state index contributed by atoms with van der Waals surface area (Å²) >= 11 is 5.91. The fourth-order valence-corrected chi connectivity index (χ4v) is 2.30. The lowest BCUT2D eigenvalue weighted by atomic mass is 9.83. The molecule has 1 aromatic heterocycles. The predicted molar refractivity (Wildman–Crippen MR) is 79.7 cm³/mol. The highest BCUT2D eigenvalue weighted by Gasteiger charge is 2.32. The van der Waals surface area contributed by atoms with E-state index >= 15 is 0 Å². The minimum Gasteiger partial charge on any atom is -0.390 e. The first-order chi connectivity index (χ1) is 9.38. The zero-order chi connectivity index (χ0) is 14.8. The van der Waals surface area contributed by atoms with E-state index in [4.69, 9.17) is 11.6 Å². The van der Waals surface area contributed by atoms with Gasteiger partial charge in [0.15, 0.2) is 0 Å². The van der Waals surface area contributed by atoms with Gasteiger partial charge in [-0.15, -0.1) is 0 Å². The number of aliphatic hydroxyl groups is 1. The highest BCUT2D eigenvalue weighted by molar-refractivity contribution is 6.30. The summed E-state index contributed by atoms with van der Waals surface area (Å²) in [6, 6.07) is 7.51. The SMILES string of the molecule is CC(C)(C)C(O)C(Cc1ccc(Cl)cc1)[15n]1c[15n]c[15n]1. The van der Waals surface area contributed by atoms with Crippen molar-refractivity contribution in [3.63, 3.8) is 0 Å². The Morgan fingerprint density at radius 1 is 1.25 bits per heavy atom. The maximum absolute atomic E-state index is 10.6. The molecule has 2 atom stereocenters. The number of aromatic nitrogens is 3. The fraction of sp³-hybridized carbons (Fsp3) is 0.467. The van der Waals surface area contributed by atoms with E-state index in [2.05, 4.69) is 10.1 Å². The van der Waals surface area contributed by atoms with E-state index in [-0.39, 0.29) is 11.5 Å². The molecule has 108 valence electrons. The van der Waals surface area contributed by atoms with E-state index in [1.807, 2.05) is 45.0 Å². The summed E-state index contributed by atoms with van der Waals surface area (Å²) in [5.74, 6) is 0. The third-order valence-electron chi connectivity index (χ3n) is 3.39. The van der Waals surface area contributed by atoms with E-state index < -0.39 is 6.10 Å². The molecule has 5 heteroatoms. The Hall–Kier alpha value is -1.39. The molecular formula is C15H20ClN3O. The first-order valence-corrected chi connectivity index (χ1v) is 7.02. The summed E-state index contributed by atoms with van der Waals surface area (Å²) < 4.78 is 1.73. The Balaban J connectivity index is 2.26. The molecule has 0 spiro atoms. The lowest BCUT2D eigenvalue weighted by Crippen LogP contribution is -2.37. The molecule has 0 radical (unpaired) electrons. The average molecular weight is 297 g/mol. The van der Waals surface area contributed by atoms with Gasteiger partial charge in [0, 0.05) is 5.02 Å². The van der Waals surface area contributed by atoms with E-state index in [1.54, 1.807) is 11.0 Å². The van der Waals surface area contributed by atoms with Crippen LogP contribution in [0.5, 0.6) is 0 Å². The van der Waals surface area contributed by atoms with Crippen LogP contribution in [0.1, 0.15) is 32.4 Å². The summed E-state index contributed by atoms with van der Waals surface area (Å²) in [5, 5.41) is 15.5. The summed E-state index contributed by atoms with van der Waals surface area (Å²) in [7, 11) is 0. The molecule has 1 heterocycles. The van der Waals surface area contributed by atoms with Gasteiger partial charge >= 0.3 is 0 Å². The van der Waals surface area contributed by atoms with Gasteiger partial charge < -0.3 is 5.11 Å². The van der Waals surface area contributed by atoms with Crippen molar-refractivity contribution in [1.82, 2.24) is 14.8 Å². The average Bonchev–Trinajstić information content (AvgIpc) is 2.90. The molecule has 0 aliphatic carbocycles. The first-order valence-electron chi connectivity index (χ1n) is 6.64. The molecule has 4 nitrogen and oxygen atoms in total. The van der Waals surface area contributed by atoms with Gasteiger partial charge in [0.25, 0.3) is 0 Å². The van der Waals surface area contributed by atoms with Crippen molar-refractivity contribution >= 4 is 11.6 Å². The minimum atomic E-state index is -0.528. The van der Waals surface area contributed by atoms with Gasteiger partial charge in [-0.3, -0.25) is 0 Å². The van der Waals surface area contributed by atoms with Gasteiger partial charge in [-0.1, -0.05) is 44.5 Å². The van der Waals surface area contributed by atoms with Crippen LogP contribution in [-0.2, 0) is 6.42 Å². The second-order valence-corrected chi connectivity index (χ2v) is 6.52. The molecule has 0 fully saturated rings. The van der Waals surface area contributed by atoms with Gasteiger partial charge in [-0.25, -0.2) is 9.67 Å². The largest absolute Gasteiger partial charge is 0.390 e. The van der Waals surface area contributed by atoms with Crippen LogP contribution in [-0.4, -0.2) is 26.0 Å². The molecule has 0 saturated carbocycles. The number of benzene rings is 1. The number of halogens is 1. The predicted octanol–water partition coefficient (Wildman–Crippen LogP) is 3.12. The van der Waals surface area contributed by atoms with Crippen LogP contribution in [0.4, 0.5) is 0 Å². The van der Waals surface area contributed by atoms with Gasteiger partial charge in [0.1, 0.15) is 12.7 Å². The molecule has 2 rings (SSSR count). The van der Waals surface area contributed by atoms with Crippen molar-refractivity contribution in [2.24, 2.45) is 5.41 Å². The molecule has 0 aliphatic heterocycles. The quantitative estimate of drug-likeness (QED) is 0.943. The Morgan fingerprint density at radius 3 is 2.40 bits per heavy atom. The second-order valence-electron chi connectivity index (χ2n) is 6.08. The topological polar surface area (TPSA) is 50.9 Å². The van der Waals surface area contributed by atoms with Gasteiger partial charge in [-0.05, 0) is 29.5 Å². The molecule has 2 unspecified atom stereocenters. The monoisotopic (exact) mass is 296 g/mol. The smallest absolute Gasteiger partial charge is 0.137 e. The highest BCUT2D eigenvalue weighted by Crippen LogP contribution is 2.30. The van der Waals surface area contributed by atoms with E-state index in [9.17, 15) is 5.11 Å². The molecule has 0 saturated heterocycles. The number of nitrogens with zero attached hydrogens (tertiary/aromatic N) is 3. The maximum atomic E-state index is 10.6. The summed E-state index contributed by atoms with van der Waals surface area (Å²) in [5.41, 5.74) is 0.876.